The number of hydrogen-bond donors (Lipinski definition) is 0. The van der Waals surface area contributed by atoms with Crippen molar-refractivity contribution in [3.8, 4) is 16.8 Å². The van der Waals surface area contributed by atoms with Gasteiger partial charge in [0.05, 0.1) is 16.7 Å². The van der Waals surface area contributed by atoms with Gasteiger partial charge in [0.25, 0.3) is 0 Å². The lowest BCUT2D eigenvalue weighted by Gasteiger charge is -2.28. The van der Waals surface area contributed by atoms with E-state index in [1.54, 1.807) is 0 Å². The average Bonchev–Trinajstić information content (AvgIpc) is 3.77. The van der Waals surface area contributed by atoms with Crippen LogP contribution in [0.25, 0.3) is 80.3 Å². The Labute approximate surface area is 311 Å². The number of para-hydroxylation sites is 3. The van der Waals surface area contributed by atoms with Crippen LogP contribution in [0.15, 0.2) is 194 Å². The molecule has 0 saturated heterocycles. The van der Waals surface area contributed by atoms with Gasteiger partial charge in [0.1, 0.15) is 0 Å². The summed E-state index contributed by atoms with van der Waals surface area (Å²) >= 11 is 1.86. The first-order valence-corrected chi connectivity index (χ1v) is 18.9. The summed E-state index contributed by atoms with van der Waals surface area (Å²) in [5.41, 5.74) is 9.41. The number of fused-ring (bicyclic) bond motifs is 9. The van der Waals surface area contributed by atoms with Crippen molar-refractivity contribution in [2.75, 3.05) is 4.90 Å². The molecule has 0 atom stereocenters. The monoisotopic (exact) mass is 692 g/mol. The number of anilines is 3. The Morgan fingerprint density at radius 1 is 0.396 bits per heavy atom. The Morgan fingerprint density at radius 3 is 1.89 bits per heavy atom. The van der Waals surface area contributed by atoms with E-state index in [1.807, 2.05) is 11.3 Å². The maximum absolute atomic E-state index is 2.45. The fourth-order valence-corrected chi connectivity index (χ4v) is 9.47. The summed E-state index contributed by atoms with van der Waals surface area (Å²) in [6.07, 6.45) is 0. The highest BCUT2D eigenvalue weighted by molar-refractivity contribution is 7.25. The lowest BCUT2D eigenvalue weighted by molar-refractivity contribution is 1.18. The van der Waals surface area contributed by atoms with Crippen molar-refractivity contribution < 1.29 is 0 Å². The fourth-order valence-electron chi connectivity index (χ4n) is 8.39. The van der Waals surface area contributed by atoms with Gasteiger partial charge in [0.15, 0.2) is 0 Å². The molecule has 0 spiro atoms. The van der Waals surface area contributed by atoms with Crippen molar-refractivity contribution in [1.29, 1.82) is 0 Å². The van der Waals surface area contributed by atoms with E-state index in [1.165, 1.54) is 74.6 Å². The van der Waals surface area contributed by atoms with Crippen LogP contribution in [0.1, 0.15) is 0 Å². The van der Waals surface area contributed by atoms with E-state index in [2.05, 4.69) is 204 Å². The molecule has 2 aromatic heterocycles. The molecule has 3 heteroatoms. The van der Waals surface area contributed by atoms with E-state index >= 15 is 0 Å². The fraction of sp³-hybridized carbons (Fsp3) is 0. The molecule has 248 valence electrons. The van der Waals surface area contributed by atoms with Gasteiger partial charge in [-0.05, 0) is 82.4 Å². The molecule has 0 saturated carbocycles. The molecule has 0 radical (unpaired) electrons. The van der Waals surface area contributed by atoms with E-state index in [-0.39, 0.29) is 0 Å². The zero-order valence-corrected chi connectivity index (χ0v) is 29.6. The summed E-state index contributed by atoms with van der Waals surface area (Å²) in [5.74, 6) is 0. The van der Waals surface area contributed by atoms with Gasteiger partial charge < -0.3 is 9.47 Å². The third-order valence-electron chi connectivity index (χ3n) is 10.8. The molecule has 2 heterocycles. The zero-order valence-electron chi connectivity index (χ0n) is 28.8. The van der Waals surface area contributed by atoms with Crippen LogP contribution in [-0.4, -0.2) is 4.57 Å². The predicted molar refractivity (Wildman–Crippen MR) is 229 cm³/mol. The van der Waals surface area contributed by atoms with Crippen molar-refractivity contribution in [3.05, 3.63) is 194 Å². The number of benzene rings is 9. The molecule has 0 bridgehead atoms. The van der Waals surface area contributed by atoms with Crippen LogP contribution in [0.4, 0.5) is 17.1 Å². The van der Waals surface area contributed by atoms with Crippen LogP contribution in [0.3, 0.4) is 0 Å². The highest BCUT2D eigenvalue weighted by Crippen LogP contribution is 2.45. The van der Waals surface area contributed by atoms with Crippen molar-refractivity contribution in [1.82, 2.24) is 4.57 Å². The molecule has 11 rings (SSSR count). The van der Waals surface area contributed by atoms with Crippen molar-refractivity contribution in [2.45, 2.75) is 0 Å². The van der Waals surface area contributed by atoms with Crippen LogP contribution in [0, 0.1) is 0 Å². The van der Waals surface area contributed by atoms with Crippen molar-refractivity contribution >= 4 is 91.9 Å². The minimum absolute atomic E-state index is 1.11. The quantitative estimate of drug-likeness (QED) is 0.163. The smallest absolute Gasteiger partial charge is 0.0619 e. The van der Waals surface area contributed by atoms with Gasteiger partial charge in [-0.3, -0.25) is 0 Å². The number of hydrogen-bond acceptors (Lipinski definition) is 2. The second-order valence-corrected chi connectivity index (χ2v) is 14.8. The maximum atomic E-state index is 2.45. The van der Waals surface area contributed by atoms with Gasteiger partial charge in [-0.25, -0.2) is 0 Å². The first-order valence-electron chi connectivity index (χ1n) is 18.1. The lowest BCUT2D eigenvalue weighted by atomic mass is 9.98. The van der Waals surface area contributed by atoms with Gasteiger partial charge in [-0.2, -0.15) is 0 Å². The predicted octanol–water partition coefficient (Wildman–Crippen LogP) is 14.6. The van der Waals surface area contributed by atoms with Crippen LogP contribution in [0.2, 0.25) is 0 Å². The first kappa shape index (κ1) is 30.0. The topological polar surface area (TPSA) is 8.17 Å². The lowest BCUT2D eigenvalue weighted by Crippen LogP contribution is -2.10. The molecular weight excluding hydrogens is 661 g/mol. The van der Waals surface area contributed by atoms with E-state index in [0.29, 0.717) is 0 Å². The zero-order chi connectivity index (χ0) is 34.9. The number of aromatic nitrogens is 1. The summed E-state index contributed by atoms with van der Waals surface area (Å²) in [6.45, 7) is 0. The highest BCUT2D eigenvalue weighted by Gasteiger charge is 2.20. The van der Waals surface area contributed by atoms with Crippen LogP contribution >= 0.6 is 11.3 Å². The van der Waals surface area contributed by atoms with Crippen LogP contribution in [0.5, 0.6) is 0 Å². The molecular formula is C50H32N2S. The van der Waals surface area contributed by atoms with Gasteiger partial charge in [0, 0.05) is 59.0 Å². The van der Waals surface area contributed by atoms with Crippen LogP contribution < -0.4 is 4.90 Å². The van der Waals surface area contributed by atoms with Gasteiger partial charge in [-0.1, -0.05) is 133 Å². The normalized spacial score (nSPS) is 11.8. The second kappa shape index (κ2) is 11.9. The summed E-state index contributed by atoms with van der Waals surface area (Å²) in [6, 6.07) is 71.0. The minimum atomic E-state index is 1.11. The maximum Gasteiger partial charge on any atom is 0.0619 e. The van der Waals surface area contributed by atoms with Gasteiger partial charge in [-0.15, -0.1) is 11.3 Å². The van der Waals surface area contributed by atoms with E-state index < -0.39 is 0 Å². The summed E-state index contributed by atoms with van der Waals surface area (Å²) in [5, 5.41) is 10.1. The Bertz CT molecular complexity index is 3170. The Kier molecular flexibility index (Phi) is 6.76. The Balaban J connectivity index is 1.14. The number of thiophene rings is 1. The molecule has 0 fully saturated rings. The molecule has 2 nitrogen and oxygen atoms in total. The molecule has 53 heavy (non-hydrogen) atoms. The largest absolute Gasteiger partial charge is 0.310 e. The molecule has 0 N–H and O–H groups in total. The van der Waals surface area contributed by atoms with Crippen LogP contribution in [-0.2, 0) is 0 Å². The second-order valence-electron chi connectivity index (χ2n) is 13.7. The highest BCUT2D eigenvalue weighted by atomic mass is 32.1. The number of rotatable bonds is 5. The van der Waals surface area contributed by atoms with Crippen molar-refractivity contribution in [3.63, 3.8) is 0 Å². The van der Waals surface area contributed by atoms with Gasteiger partial charge in [0.2, 0.25) is 0 Å². The van der Waals surface area contributed by atoms with Gasteiger partial charge >= 0.3 is 0 Å². The third-order valence-corrected chi connectivity index (χ3v) is 11.9. The van der Waals surface area contributed by atoms with E-state index in [9.17, 15) is 0 Å². The molecule has 9 aromatic carbocycles. The molecule has 0 aliphatic carbocycles. The SMILES string of the molecule is c1ccc(-n2c3ccccc3c3cccc(-c4ccc(N(c5ccc6sc7ccccc7c6c5)c5cc6ccccc6c6ccccc56)cc4)c32)cc1. The van der Waals surface area contributed by atoms with E-state index in [0.717, 1.165) is 22.7 Å². The first-order chi connectivity index (χ1) is 26.3. The van der Waals surface area contributed by atoms with E-state index in [4.69, 9.17) is 0 Å². The summed E-state index contributed by atoms with van der Waals surface area (Å²) in [4.78, 5) is 2.45. The third kappa shape index (κ3) is 4.71. The standard InChI is InChI=1S/C50H32N2S/c1-2-14-35(15-3-1)52-46-23-10-8-19-42(46)44-22-12-21-39(50(44)52)33-25-27-36(28-26-33)51(37-29-30-49-45(32-37)43-20-9-11-24-48(43)53-49)47-31-34-13-4-5-16-38(34)40-17-6-7-18-41(40)47/h1-32H. The molecule has 11 aromatic rings. The Hall–Kier alpha value is -6.68. The summed E-state index contributed by atoms with van der Waals surface area (Å²) in [7, 11) is 0. The molecule has 0 aliphatic rings. The molecule has 0 unspecified atom stereocenters. The molecule has 0 aliphatic heterocycles. The molecule has 0 amide bonds. The summed E-state index contributed by atoms with van der Waals surface area (Å²) < 4.78 is 5.03. The van der Waals surface area contributed by atoms with Crippen molar-refractivity contribution in [2.24, 2.45) is 0 Å². The minimum Gasteiger partial charge on any atom is -0.310 e. The Morgan fingerprint density at radius 2 is 1.04 bits per heavy atom. The number of nitrogens with zero attached hydrogens (tertiary/aromatic N) is 2. The average molecular weight is 693 g/mol.